The van der Waals surface area contributed by atoms with Crippen molar-refractivity contribution in [2.24, 2.45) is 0 Å². The first-order valence-electron chi connectivity index (χ1n) is 12.8. The van der Waals surface area contributed by atoms with Crippen LogP contribution in [-0.2, 0) is 4.74 Å². The molecule has 2 amide bonds. The van der Waals surface area contributed by atoms with Crippen molar-refractivity contribution in [3.05, 3.63) is 40.7 Å². The van der Waals surface area contributed by atoms with Crippen molar-refractivity contribution in [2.75, 3.05) is 37.7 Å². The van der Waals surface area contributed by atoms with Gasteiger partial charge in [-0.3, -0.25) is 4.79 Å². The molecule has 9 nitrogen and oxygen atoms in total. The molecule has 2 aromatic rings. The van der Waals surface area contributed by atoms with Crippen LogP contribution in [0.4, 0.5) is 15.0 Å². The maximum absolute atomic E-state index is 14.9. The summed E-state index contributed by atoms with van der Waals surface area (Å²) < 4.78 is 26.6. The van der Waals surface area contributed by atoms with Gasteiger partial charge in [-0.25, -0.2) is 14.2 Å². The van der Waals surface area contributed by atoms with Crippen molar-refractivity contribution < 1.29 is 28.6 Å². The van der Waals surface area contributed by atoms with E-state index in [9.17, 15) is 19.1 Å². The zero-order valence-corrected chi connectivity index (χ0v) is 22.7. The van der Waals surface area contributed by atoms with E-state index in [2.05, 4.69) is 0 Å². The zero-order valence-electron chi connectivity index (χ0n) is 21.9. The zero-order chi connectivity index (χ0) is 27.4. The van der Waals surface area contributed by atoms with Gasteiger partial charge in [-0.2, -0.15) is 0 Å². The number of hydrogen-bond acceptors (Lipinski definition) is 7. The highest BCUT2D eigenvalue weighted by molar-refractivity contribution is 6.35. The highest BCUT2D eigenvalue weighted by Gasteiger charge is 2.43. The van der Waals surface area contributed by atoms with Crippen LogP contribution in [0.5, 0.6) is 5.75 Å². The van der Waals surface area contributed by atoms with Gasteiger partial charge >= 0.3 is 6.09 Å². The van der Waals surface area contributed by atoms with Gasteiger partial charge in [0.05, 0.1) is 17.8 Å². The summed E-state index contributed by atoms with van der Waals surface area (Å²) in [5, 5.41) is 10.4. The molecule has 2 fully saturated rings. The van der Waals surface area contributed by atoms with E-state index >= 15 is 0 Å². The van der Waals surface area contributed by atoms with E-state index in [0.29, 0.717) is 18.8 Å². The van der Waals surface area contributed by atoms with Crippen LogP contribution >= 0.6 is 11.6 Å². The summed E-state index contributed by atoms with van der Waals surface area (Å²) in [6, 6.07) is 5.58. The van der Waals surface area contributed by atoms with Crippen molar-refractivity contribution in [3.63, 3.8) is 0 Å². The largest absolute Gasteiger partial charge is 0.489 e. The summed E-state index contributed by atoms with van der Waals surface area (Å²) in [5.74, 6) is -0.407. The number of benzene rings is 1. The third-order valence-electron chi connectivity index (χ3n) is 7.06. The number of rotatable bonds is 2. The molecule has 3 aliphatic rings. The first-order valence-corrected chi connectivity index (χ1v) is 13.2. The fraction of sp³-hybridized carbons (Fsp3) is 0.519. The van der Waals surface area contributed by atoms with Gasteiger partial charge in [-0.05, 0) is 46.2 Å². The van der Waals surface area contributed by atoms with Crippen molar-refractivity contribution in [1.82, 2.24) is 14.8 Å². The number of β-amino-alcohol motifs (C(OH)–C–C–N with tert-alkyl or cyclic N) is 1. The Labute approximate surface area is 226 Å². The quantitative estimate of drug-likeness (QED) is 0.609. The van der Waals surface area contributed by atoms with Gasteiger partial charge in [0.15, 0.2) is 5.75 Å². The molecule has 5 rings (SSSR count). The number of halogens is 2. The molecule has 3 aliphatic heterocycles. The topological polar surface area (TPSA) is 95.4 Å². The lowest BCUT2D eigenvalue weighted by molar-refractivity contribution is 0.000954. The van der Waals surface area contributed by atoms with Crippen LogP contribution < -0.4 is 9.64 Å². The van der Waals surface area contributed by atoms with E-state index in [1.807, 2.05) is 11.8 Å². The molecule has 1 unspecified atom stereocenters. The number of amides is 2. The van der Waals surface area contributed by atoms with Gasteiger partial charge in [-0.1, -0.05) is 23.7 Å². The van der Waals surface area contributed by atoms with E-state index in [1.165, 1.54) is 6.07 Å². The molecular weight excluding hydrogens is 515 g/mol. The second-order valence-electron chi connectivity index (χ2n) is 11.1. The summed E-state index contributed by atoms with van der Waals surface area (Å²) >= 11 is 6.79. The van der Waals surface area contributed by atoms with Crippen LogP contribution in [0.1, 0.15) is 44.5 Å². The molecule has 11 heteroatoms. The predicted octanol–water partition coefficient (Wildman–Crippen LogP) is 3.95. The number of carbonyl (C=O) groups excluding carboxylic acids is 2. The number of carbonyl (C=O) groups is 2. The van der Waals surface area contributed by atoms with E-state index < -0.39 is 29.7 Å². The van der Waals surface area contributed by atoms with Crippen LogP contribution in [0.3, 0.4) is 0 Å². The van der Waals surface area contributed by atoms with Gasteiger partial charge in [0, 0.05) is 37.8 Å². The van der Waals surface area contributed by atoms with Crippen molar-refractivity contribution in [2.45, 2.75) is 57.9 Å². The maximum Gasteiger partial charge on any atom is 0.410 e. The number of pyridine rings is 1. The molecule has 0 bridgehead atoms. The minimum Gasteiger partial charge on any atom is -0.489 e. The van der Waals surface area contributed by atoms with Gasteiger partial charge in [0.25, 0.3) is 5.91 Å². The van der Waals surface area contributed by atoms with Crippen molar-refractivity contribution in [3.8, 4) is 17.0 Å². The normalized spacial score (nSPS) is 23.5. The Morgan fingerprint density at radius 3 is 2.61 bits per heavy atom. The Kier molecular flexibility index (Phi) is 6.89. The van der Waals surface area contributed by atoms with Gasteiger partial charge in [0.2, 0.25) is 0 Å². The molecule has 1 aromatic carbocycles. The second kappa shape index (κ2) is 9.89. The summed E-state index contributed by atoms with van der Waals surface area (Å²) in [6.45, 7) is 8.49. The molecule has 3 atom stereocenters. The Hall–Kier alpha value is -3.11. The number of ether oxygens (including phenoxy) is 2. The Morgan fingerprint density at radius 1 is 1.21 bits per heavy atom. The number of anilines is 1. The number of hydrogen-bond donors (Lipinski definition) is 1. The maximum atomic E-state index is 14.9. The number of aromatic nitrogens is 1. The minimum atomic E-state index is -0.644. The molecular formula is C27H32ClFN4O5. The van der Waals surface area contributed by atoms with Crippen LogP contribution in [0.15, 0.2) is 24.3 Å². The monoisotopic (exact) mass is 546 g/mol. The molecule has 204 valence electrons. The van der Waals surface area contributed by atoms with Crippen LogP contribution in [0.2, 0.25) is 5.02 Å². The van der Waals surface area contributed by atoms with Crippen molar-refractivity contribution >= 4 is 29.4 Å². The van der Waals surface area contributed by atoms with Gasteiger partial charge in [-0.15, -0.1) is 0 Å². The lowest BCUT2D eigenvalue weighted by atomic mass is 10.1. The lowest BCUT2D eigenvalue weighted by Gasteiger charge is -2.40. The third-order valence-corrected chi connectivity index (χ3v) is 7.41. The number of fused-ring (bicyclic) bond motifs is 2. The number of piperazine rings is 1. The Morgan fingerprint density at radius 2 is 1.95 bits per heavy atom. The fourth-order valence-corrected chi connectivity index (χ4v) is 5.57. The Bertz CT molecular complexity index is 1270. The molecule has 0 saturated carbocycles. The van der Waals surface area contributed by atoms with Crippen LogP contribution in [0, 0.1) is 5.82 Å². The van der Waals surface area contributed by atoms with Gasteiger partial charge < -0.3 is 29.3 Å². The lowest BCUT2D eigenvalue weighted by Crippen LogP contribution is -2.58. The van der Waals surface area contributed by atoms with E-state index in [4.69, 9.17) is 26.1 Å². The van der Waals surface area contributed by atoms with Gasteiger partial charge in [0.1, 0.15) is 34.4 Å². The van der Waals surface area contributed by atoms with E-state index in [1.54, 1.807) is 48.8 Å². The second-order valence-corrected chi connectivity index (χ2v) is 11.4. The molecule has 4 heterocycles. The summed E-state index contributed by atoms with van der Waals surface area (Å²) in [7, 11) is 0. The number of aliphatic hydroxyl groups excluding tert-OH is 1. The number of nitrogens with zero attached hydrogens (tertiary/aromatic N) is 4. The highest BCUT2D eigenvalue weighted by atomic mass is 35.5. The summed E-state index contributed by atoms with van der Waals surface area (Å²) in [5.41, 5.74) is -0.114. The first-order chi connectivity index (χ1) is 17.9. The molecule has 0 aliphatic carbocycles. The predicted molar refractivity (Wildman–Crippen MR) is 140 cm³/mol. The Balaban J connectivity index is 1.57. The molecule has 1 N–H and O–H groups in total. The number of aliphatic hydroxyl groups is 1. The van der Waals surface area contributed by atoms with Crippen LogP contribution in [-0.4, -0.2) is 88.5 Å². The van der Waals surface area contributed by atoms with Crippen molar-refractivity contribution in [1.29, 1.82) is 0 Å². The highest BCUT2D eigenvalue weighted by Crippen LogP contribution is 2.45. The fourth-order valence-electron chi connectivity index (χ4n) is 5.28. The molecule has 1 aromatic heterocycles. The average Bonchev–Trinajstić information content (AvgIpc) is 3.11. The third kappa shape index (κ3) is 4.87. The molecule has 2 saturated heterocycles. The standard InChI is InChI=1S/C27H32ClFN4O5/c1-15-11-17(34)13-33(15)24-20-23(21(28)22(30-24)18-7-5-6-8-19(18)29)37-14-16-12-31(9-10-32(16)25(20)35)26(36)38-27(2,3)4/h5-8,15-17,34H,9-14H2,1-4H3/t15-,16?,17+/m0/s1. The summed E-state index contributed by atoms with van der Waals surface area (Å²) in [6.07, 6.45) is -0.546. The average molecular weight is 547 g/mol. The SMILES string of the molecule is C[C@H]1C[C@@H](O)CN1c1nc(-c2ccccc2F)c(Cl)c2c1C(=O)N1CCN(C(=O)OC(C)(C)C)CC1CO2. The summed E-state index contributed by atoms with van der Waals surface area (Å²) in [4.78, 5) is 36.6. The van der Waals surface area contributed by atoms with E-state index in [-0.39, 0.29) is 65.8 Å². The molecule has 0 radical (unpaired) electrons. The minimum absolute atomic E-state index is 0.0402. The smallest absolute Gasteiger partial charge is 0.410 e. The first kappa shape index (κ1) is 26.5. The van der Waals surface area contributed by atoms with Crippen LogP contribution in [0.25, 0.3) is 11.3 Å². The molecule has 0 spiro atoms. The van der Waals surface area contributed by atoms with E-state index in [0.717, 1.165) is 0 Å². The molecule has 38 heavy (non-hydrogen) atoms.